The maximum absolute atomic E-state index is 11.5. The highest BCUT2D eigenvalue weighted by Crippen LogP contribution is 2.15. The number of carbonyl (C=O) groups excluding carboxylic acids is 3. The van der Waals surface area contributed by atoms with Gasteiger partial charge in [0.2, 0.25) is 0 Å². The fraction of sp³-hybridized carbons (Fsp3) is 0.308. The topological polar surface area (TPSA) is 93.7 Å². The molecule has 0 radical (unpaired) electrons. The first kappa shape index (κ1) is 17.0. The Balaban J connectivity index is 2.37. The molecule has 0 saturated heterocycles. The van der Waals surface area contributed by atoms with Crippen molar-refractivity contribution < 1.29 is 23.9 Å². The molecule has 0 aliphatic rings. The van der Waals surface area contributed by atoms with E-state index < -0.39 is 24.0 Å². The van der Waals surface area contributed by atoms with Gasteiger partial charge >= 0.3 is 12.0 Å². The van der Waals surface area contributed by atoms with Gasteiger partial charge in [-0.3, -0.25) is 10.1 Å². The molecule has 0 spiro atoms. The molecule has 114 valence electrons. The van der Waals surface area contributed by atoms with Crippen molar-refractivity contribution in [1.82, 2.24) is 10.6 Å². The molecule has 0 unspecified atom stereocenters. The van der Waals surface area contributed by atoms with Gasteiger partial charge in [-0.15, -0.1) is 0 Å². The second kappa shape index (κ2) is 8.25. The monoisotopic (exact) mass is 358 g/mol. The molecule has 1 rings (SSSR count). The lowest BCUT2D eigenvalue weighted by Gasteiger charge is -2.13. The number of halogens is 1. The summed E-state index contributed by atoms with van der Waals surface area (Å²) in [5.74, 6) is -0.929. The number of urea groups is 1. The van der Waals surface area contributed by atoms with Crippen molar-refractivity contribution in [1.29, 1.82) is 0 Å². The average molecular weight is 359 g/mol. The largest absolute Gasteiger partial charge is 0.482 e. The molecule has 1 atom stereocenters. The van der Waals surface area contributed by atoms with Crippen LogP contribution in [0.25, 0.3) is 0 Å². The van der Waals surface area contributed by atoms with Gasteiger partial charge in [0.15, 0.2) is 12.7 Å². The number of hydrogen-bond acceptors (Lipinski definition) is 5. The number of rotatable bonds is 5. The Bertz CT molecular complexity index is 518. The number of ether oxygens (including phenoxy) is 2. The zero-order valence-electron chi connectivity index (χ0n) is 11.5. The second-order valence-electron chi connectivity index (χ2n) is 3.94. The Kier molecular flexibility index (Phi) is 6.67. The number of nitrogens with one attached hydrogen (secondary N) is 2. The minimum Gasteiger partial charge on any atom is -0.482 e. The maximum atomic E-state index is 11.5. The number of carbonyl (C=O) groups is 3. The zero-order chi connectivity index (χ0) is 15.8. The highest BCUT2D eigenvalue weighted by atomic mass is 79.9. The minimum absolute atomic E-state index is 0.334. The average Bonchev–Trinajstić information content (AvgIpc) is 2.46. The van der Waals surface area contributed by atoms with Crippen molar-refractivity contribution in [2.24, 2.45) is 0 Å². The third kappa shape index (κ3) is 6.26. The lowest BCUT2D eigenvalue weighted by Crippen LogP contribution is -2.43. The summed E-state index contributed by atoms with van der Waals surface area (Å²) in [6.45, 7) is 1.02. The lowest BCUT2D eigenvalue weighted by atomic mass is 10.3. The fourth-order valence-electron chi connectivity index (χ4n) is 1.23. The SMILES string of the molecule is CNC(=O)NC(=O)[C@H](C)OC(=O)COc1ccc(Br)cc1. The van der Waals surface area contributed by atoms with Gasteiger partial charge in [-0.2, -0.15) is 0 Å². The Morgan fingerprint density at radius 2 is 1.86 bits per heavy atom. The lowest BCUT2D eigenvalue weighted by molar-refractivity contribution is -0.156. The summed E-state index contributed by atoms with van der Waals surface area (Å²) in [7, 11) is 1.37. The molecule has 1 aromatic rings. The van der Waals surface area contributed by atoms with Gasteiger partial charge in [0, 0.05) is 11.5 Å². The Labute approximate surface area is 130 Å². The first-order chi connectivity index (χ1) is 9.92. The Morgan fingerprint density at radius 1 is 1.24 bits per heavy atom. The summed E-state index contributed by atoms with van der Waals surface area (Å²) in [4.78, 5) is 33.9. The van der Waals surface area contributed by atoms with Crippen LogP contribution in [0, 0.1) is 0 Å². The molecular weight excluding hydrogens is 344 g/mol. The van der Waals surface area contributed by atoms with Crippen LogP contribution in [0.2, 0.25) is 0 Å². The predicted octanol–water partition coefficient (Wildman–Crippen LogP) is 1.22. The van der Waals surface area contributed by atoms with Crippen LogP contribution < -0.4 is 15.4 Å². The van der Waals surface area contributed by atoms with Gasteiger partial charge < -0.3 is 14.8 Å². The van der Waals surface area contributed by atoms with E-state index in [9.17, 15) is 14.4 Å². The Hall–Kier alpha value is -2.09. The Morgan fingerprint density at radius 3 is 2.43 bits per heavy atom. The van der Waals surface area contributed by atoms with Crippen LogP contribution in [0.1, 0.15) is 6.92 Å². The van der Waals surface area contributed by atoms with E-state index in [4.69, 9.17) is 9.47 Å². The molecular formula is C13H15BrN2O5. The van der Waals surface area contributed by atoms with Gasteiger partial charge in [0.05, 0.1) is 0 Å². The van der Waals surface area contributed by atoms with Crippen molar-refractivity contribution in [2.75, 3.05) is 13.7 Å². The smallest absolute Gasteiger partial charge is 0.344 e. The second-order valence-corrected chi connectivity index (χ2v) is 4.86. The van der Waals surface area contributed by atoms with E-state index in [2.05, 4.69) is 21.2 Å². The third-order valence-electron chi connectivity index (χ3n) is 2.31. The summed E-state index contributed by atoms with van der Waals surface area (Å²) in [6.07, 6.45) is -1.09. The highest BCUT2D eigenvalue weighted by Gasteiger charge is 2.19. The van der Waals surface area contributed by atoms with Crippen LogP contribution in [0.4, 0.5) is 4.79 Å². The summed E-state index contributed by atoms with van der Waals surface area (Å²) in [5.41, 5.74) is 0. The van der Waals surface area contributed by atoms with Crippen LogP contribution in [0.15, 0.2) is 28.7 Å². The van der Waals surface area contributed by atoms with Crippen LogP contribution in [0.3, 0.4) is 0 Å². The van der Waals surface area contributed by atoms with Crippen molar-refractivity contribution in [3.05, 3.63) is 28.7 Å². The van der Waals surface area contributed by atoms with Gasteiger partial charge in [-0.25, -0.2) is 9.59 Å². The fourth-order valence-corrected chi connectivity index (χ4v) is 1.50. The standard InChI is InChI=1S/C13H15BrN2O5/c1-8(12(18)16-13(19)15-2)21-11(17)7-20-10-5-3-9(14)4-6-10/h3-6,8H,7H2,1-2H3,(H2,15,16,18,19)/t8-/m0/s1. The third-order valence-corrected chi connectivity index (χ3v) is 2.84. The van der Waals surface area contributed by atoms with Gasteiger partial charge in [-0.05, 0) is 31.2 Å². The molecule has 0 heterocycles. The molecule has 1 aromatic carbocycles. The molecule has 2 N–H and O–H groups in total. The first-order valence-electron chi connectivity index (χ1n) is 6.02. The van der Waals surface area contributed by atoms with E-state index in [0.29, 0.717) is 5.75 Å². The number of benzene rings is 1. The van der Waals surface area contributed by atoms with E-state index >= 15 is 0 Å². The number of amides is 3. The zero-order valence-corrected chi connectivity index (χ0v) is 13.1. The molecule has 0 aliphatic carbocycles. The number of hydrogen-bond donors (Lipinski definition) is 2. The van der Waals surface area contributed by atoms with E-state index in [1.165, 1.54) is 14.0 Å². The van der Waals surface area contributed by atoms with Gasteiger partial charge in [0.25, 0.3) is 5.91 Å². The van der Waals surface area contributed by atoms with Crippen LogP contribution in [-0.2, 0) is 14.3 Å². The van der Waals surface area contributed by atoms with Crippen LogP contribution >= 0.6 is 15.9 Å². The van der Waals surface area contributed by atoms with E-state index in [1.54, 1.807) is 24.3 Å². The van der Waals surface area contributed by atoms with Gasteiger partial charge in [0.1, 0.15) is 5.75 Å². The van der Waals surface area contributed by atoms with Crippen molar-refractivity contribution in [2.45, 2.75) is 13.0 Å². The quantitative estimate of drug-likeness (QED) is 0.771. The summed E-state index contributed by atoms with van der Waals surface area (Å²) < 4.78 is 10.9. The maximum Gasteiger partial charge on any atom is 0.344 e. The summed E-state index contributed by atoms with van der Waals surface area (Å²) in [5, 5.41) is 4.22. The van der Waals surface area contributed by atoms with Crippen molar-refractivity contribution >= 4 is 33.8 Å². The van der Waals surface area contributed by atoms with E-state index in [1.807, 2.05) is 5.32 Å². The normalized spacial score (nSPS) is 11.2. The number of imide groups is 1. The molecule has 21 heavy (non-hydrogen) atoms. The molecule has 7 nitrogen and oxygen atoms in total. The first-order valence-corrected chi connectivity index (χ1v) is 6.82. The van der Waals surface area contributed by atoms with Crippen LogP contribution in [0.5, 0.6) is 5.75 Å². The highest BCUT2D eigenvalue weighted by molar-refractivity contribution is 9.10. The molecule has 0 aliphatic heterocycles. The molecule has 0 bridgehead atoms. The van der Waals surface area contributed by atoms with E-state index in [0.717, 1.165) is 4.47 Å². The molecule has 8 heteroatoms. The van der Waals surface area contributed by atoms with Crippen molar-refractivity contribution in [3.63, 3.8) is 0 Å². The summed E-state index contributed by atoms with van der Waals surface area (Å²) >= 11 is 3.28. The molecule has 0 fully saturated rings. The molecule has 0 saturated carbocycles. The number of esters is 1. The predicted molar refractivity (Wildman–Crippen MR) is 77.8 cm³/mol. The van der Waals surface area contributed by atoms with Gasteiger partial charge in [-0.1, -0.05) is 15.9 Å². The van der Waals surface area contributed by atoms with Crippen LogP contribution in [-0.4, -0.2) is 37.7 Å². The minimum atomic E-state index is -1.09. The molecule has 3 amide bonds. The van der Waals surface area contributed by atoms with Crippen molar-refractivity contribution in [3.8, 4) is 5.75 Å². The summed E-state index contributed by atoms with van der Waals surface area (Å²) in [6, 6.07) is 6.22. The van der Waals surface area contributed by atoms with E-state index in [-0.39, 0.29) is 6.61 Å². The molecule has 0 aromatic heterocycles.